The first-order valence-electron chi connectivity index (χ1n) is 9.67. The van der Waals surface area contributed by atoms with Gasteiger partial charge < -0.3 is 19.0 Å². The molecule has 1 amide bonds. The average molecular weight is 397 g/mol. The van der Waals surface area contributed by atoms with Crippen LogP contribution in [0.2, 0.25) is 0 Å². The summed E-state index contributed by atoms with van der Waals surface area (Å²) in [6, 6.07) is 6.99. The van der Waals surface area contributed by atoms with E-state index in [0.29, 0.717) is 42.8 Å². The zero-order valence-corrected chi connectivity index (χ0v) is 16.5. The molecule has 1 saturated heterocycles. The first kappa shape index (κ1) is 19.1. The zero-order valence-electron chi connectivity index (χ0n) is 16.5. The molecule has 4 rings (SSSR count). The largest absolute Gasteiger partial charge is 0.360 e. The van der Waals surface area contributed by atoms with Gasteiger partial charge in [0.25, 0.3) is 5.91 Å². The van der Waals surface area contributed by atoms with Crippen LogP contribution in [0.5, 0.6) is 0 Å². The van der Waals surface area contributed by atoms with Gasteiger partial charge in [-0.25, -0.2) is 0 Å². The molecule has 152 valence electrons. The van der Waals surface area contributed by atoms with E-state index in [2.05, 4.69) is 15.0 Å². The van der Waals surface area contributed by atoms with Crippen molar-refractivity contribution in [2.75, 3.05) is 26.2 Å². The quantitative estimate of drug-likeness (QED) is 0.658. The van der Waals surface area contributed by atoms with Crippen LogP contribution < -0.4 is 11.1 Å². The van der Waals surface area contributed by atoms with Crippen LogP contribution in [-0.4, -0.2) is 56.6 Å². The number of piperazine rings is 1. The molecule has 3 aromatic rings. The van der Waals surface area contributed by atoms with Crippen LogP contribution in [-0.2, 0) is 13.1 Å². The molecule has 0 bridgehead atoms. The molecule has 0 saturated carbocycles. The van der Waals surface area contributed by atoms with Crippen LogP contribution in [0, 0.1) is 6.92 Å². The van der Waals surface area contributed by atoms with E-state index >= 15 is 0 Å². The normalized spacial score (nSPS) is 15.2. The molecule has 1 aliphatic rings. The maximum Gasteiger partial charge on any atom is 0.316 e. The van der Waals surface area contributed by atoms with Gasteiger partial charge in [0, 0.05) is 44.4 Å². The number of hydrogen-bond donors (Lipinski definition) is 1. The Morgan fingerprint density at radius 3 is 2.59 bits per heavy atom. The second kappa shape index (κ2) is 7.67. The van der Waals surface area contributed by atoms with E-state index in [-0.39, 0.29) is 5.91 Å². The Morgan fingerprint density at radius 1 is 1.17 bits per heavy atom. The second-order valence-corrected chi connectivity index (χ2v) is 7.24. The Balaban J connectivity index is 1.48. The Labute approximate surface area is 166 Å². The number of fused-ring (bicyclic) bond motifs is 1. The van der Waals surface area contributed by atoms with E-state index in [1.807, 2.05) is 13.0 Å². The van der Waals surface area contributed by atoms with Gasteiger partial charge >= 0.3 is 11.1 Å². The van der Waals surface area contributed by atoms with Crippen LogP contribution in [0.3, 0.4) is 0 Å². The van der Waals surface area contributed by atoms with E-state index in [1.54, 1.807) is 30.0 Å². The summed E-state index contributed by atoms with van der Waals surface area (Å²) in [5.41, 5.74) is 1.19. The van der Waals surface area contributed by atoms with E-state index in [9.17, 15) is 14.4 Å². The molecular weight excluding hydrogens is 374 g/mol. The van der Waals surface area contributed by atoms with Crippen LogP contribution in [0.15, 0.2) is 38.4 Å². The van der Waals surface area contributed by atoms with Crippen LogP contribution in [0.4, 0.5) is 0 Å². The number of carbonyl (C=O) groups excluding carboxylic acids is 1. The number of nitrogens with zero attached hydrogens (tertiary/aromatic N) is 4. The van der Waals surface area contributed by atoms with E-state index in [4.69, 9.17) is 4.52 Å². The number of H-pyrrole nitrogens is 1. The maximum atomic E-state index is 12.9. The minimum Gasteiger partial charge on any atom is -0.360 e. The van der Waals surface area contributed by atoms with Gasteiger partial charge in [-0.3, -0.25) is 19.3 Å². The molecule has 1 aromatic carbocycles. The number of rotatable bonds is 4. The fraction of sp³-hybridized carbons (Fsp3) is 0.400. The number of nitrogens with one attached hydrogen (secondary N) is 1. The molecule has 3 heterocycles. The molecule has 1 N–H and O–H groups in total. The molecule has 9 nitrogen and oxygen atoms in total. The van der Waals surface area contributed by atoms with Crippen LogP contribution in [0.25, 0.3) is 11.0 Å². The summed E-state index contributed by atoms with van der Waals surface area (Å²) in [5.74, 6) is 0.736. The standard InChI is InChI=1S/C20H23N5O4/c1-3-25-17-5-4-14(11-16(17)21-18(26)20(25)28)19(27)24-8-6-23(7-9-24)12-15-10-13(2)22-29-15/h4-5,10-11H,3,6-9,12H2,1-2H3,(H,21,26). The number of hydrogen-bond acceptors (Lipinski definition) is 6. The molecule has 0 radical (unpaired) electrons. The summed E-state index contributed by atoms with van der Waals surface area (Å²) < 4.78 is 6.67. The minimum atomic E-state index is -0.680. The van der Waals surface area contributed by atoms with Crippen molar-refractivity contribution in [2.45, 2.75) is 26.9 Å². The monoisotopic (exact) mass is 397 g/mol. The van der Waals surface area contributed by atoms with E-state index in [1.165, 1.54) is 4.57 Å². The van der Waals surface area contributed by atoms with Gasteiger partial charge in [0.15, 0.2) is 5.76 Å². The molecule has 0 aliphatic carbocycles. The third kappa shape index (κ3) is 3.73. The number of aryl methyl sites for hydroxylation is 2. The molecule has 9 heteroatoms. The van der Waals surface area contributed by atoms with Gasteiger partial charge in [-0.15, -0.1) is 0 Å². The Hall–Kier alpha value is -3.20. The van der Waals surface area contributed by atoms with Crippen molar-refractivity contribution >= 4 is 16.9 Å². The SMILES string of the molecule is CCn1c(=O)c(=O)[nH]c2cc(C(=O)N3CCN(Cc4cc(C)no4)CC3)ccc21. The van der Waals surface area contributed by atoms with Crippen molar-refractivity contribution in [3.05, 3.63) is 62.0 Å². The predicted octanol–water partition coefficient (Wildman–Crippen LogP) is 0.964. The van der Waals surface area contributed by atoms with E-state index in [0.717, 1.165) is 24.5 Å². The number of benzene rings is 1. The number of carbonyl (C=O) groups is 1. The smallest absolute Gasteiger partial charge is 0.316 e. The maximum absolute atomic E-state index is 12.9. The van der Waals surface area contributed by atoms with Gasteiger partial charge in [-0.1, -0.05) is 5.16 Å². The van der Waals surface area contributed by atoms with Gasteiger partial charge in [0.2, 0.25) is 0 Å². The zero-order chi connectivity index (χ0) is 20.5. The van der Waals surface area contributed by atoms with Gasteiger partial charge in [-0.2, -0.15) is 0 Å². The van der Waals surface area contributed by atoms with Crippen LogP contribution in [0.1, 0.15) is 28.7 Å². The van der Waals surface area contributed by atoms with Crippen LogP contribution >= 0.6 is 0 Å². The number of aromatic amines is 1. The first-order chi connectivity index (χ1) is 14.0. The first-order valence-corrected chi connectivity index (χ1v) is 9.67. The molecule has 0 spiro atoms. The lowest BCUT2D eigenvalue weighted by Crippen LogP contribution is -2.48. The fourth-order valence-corrected chi connectivity index (χ4v) is 3.73. The summed E-state index contributed by atoms with van der Waals surface area (Å²) in [5, 5.41) is 3.90. The molecule has 29 heavy (non-hydrogen) atoms. The van der Waals surface area contributed by atoms with Gasteiger partial charge in [-0.05, 0) is 32.0 Å². The molecule has 1 fully saturated rings. The van der Waals surface area contributed by atoms with E-state index < -0.39 is 11.1 Å². The summed E-state index contributed by atoms with van der Waals surface area (Å²) in [7, 11) is 0. The third-order valence-corrected chi connectivity index (χ3v) is 5.25. The second-order valence-electron chi connectivity index (χ2n) is 7.24. The molecule has 0 atom stereocenters. The summed E-state index contributed by atoms with van der Waals surface area (Å²) in [4.78, 5) is 43.4. The predicted molar refractivity (Wildman–Crippen MR) is 107 cm³/mol. The molecule has 2 aromatic heterocycles. The molecule has 1 aliphatic heterocycles. The summed E-state index contributed by atoms with van der Waals surface area (Å²) in [6.45, 7) is 7.45. The Bertz CT molecular complexity index is 1170. The van der Waals surface area contributed by atoms with Gasteiger partial charge in [0.1, 0.15) is 0 Å². The lowest BCUT2D eigenvalue weighted by Gasteiger charge is -2.34. The van der Waals surface area contributed by atoms with Crippen molar-refractivity contribution in [1.29, 1.82) is 0 Å². The van der Waals surface area contributed by atoms with Gasteiger partial charge in [0.05, 0.1) is 23.3 Å². The van der Waals surface area contributed by atoms with Crippen molar-refractivity contribution in [1.82, 2.24) is 24.5 Å². The highest BCUT2D eigenvalue weighted by atomic mass is 16.5. The number of aromatic nitrogens is 3. The summed E-state index contributed by atoms with van der Waals surface area (Å²) >= 11 is 0. The highest BCUT2D eigenvalue weighted by molar-refractivity contribution is 5.97. The number of amides is 1. The highest BCUT2D eigenvalue weighted by Gasteiger charge is 2.23. The molecule has 0 unspecified atom stereocenters. The van der Waals surface area contributed by atoms with Crippen molar-refractivity contribution in [3.63, 3.8) is 0 Å². The third-order valence-electron chi connectivity index (χ3n) is 5.25. The highest BCUT2D eigenvalue weighted by Crippen LogP contribution is 2.16. The van der Waals surface area contributed by atoms with Crippen molar-refractivity contribution in [3.8, 4) is 0 Å². The summed E-state index contributed by atoms with van der Waals surface area (Å²) in [6.07, 6.45) is 0. The van der Waals surface area contributed by atoms with Crippen molar-refractivity contribution < 1.29 is 9.32 Å². The minimum absolute atomic E-state index is 0.0860. The Morgan fingerprint density at radius 2 is 1.93 bits per heavy atom. The lowest BCUT2D eigenvalue weighted by molar-refractivity contribution is 0.0617. The van der Waals surface area contributed by atoms with Crippen molar-refractivity contribution in [2.24, 2.45) is 0 Å². The average Bonchev–Trinajstić information content (AvgIpc) is 3.13. The molecular formula is C20H23N5O4. The topological polar surface area (TPSA) is 104 Å². The Kier molecular flexibility index (Phi) is 5.06. The lowest BCUT2D eigenvalue weighted by atomic mass is 10.1. The fourth-order valence-electron chi connectivity index (χ4n) is 3.73.